The Labute approximate surface area is 235 Å². The number of benzene rings is 2. The zero-order valence-corrected chi connectivity index (χ0v) is 23.2. The highest BCUT2D eigenvalue weighted by Gasteiger charge is 2.38. The van der Waals surface area contributed by atoms with Gasteiger partial charge in [0.15, 0.2) is 0 Å². The second-order valence-corrected chi connectivity index (χ2v) is 11.3. The number of nitrogens with zero attached hydrogens (tertiary/aromatic N) is 4. The molecule has 0 bridgehead atoms. The molecule has 2 amide bonds. The fourth-order valence-corrected chi connectivity index (χ4v) is 4.73. The SMILES string of the molecule is CC(C)(C)OC(=O)N1CC(NC(=O)c2cnc3cc(Cl)ccc3c2)CC[C@H]1c1nnc(-c2ccc(Cl)cc2)o1. The third-order valence-corrected chi connectivity index (χ3v) is 6.76. The van der Waals surface area contributed by atoms with Crippen molar-refractivity contribution in [2.75, 3.05) is 6.54 Å². The maximum atomic E-state index is 13.3. The van der Waals surface area contributed by atoms with Gasteiger partial charge in [0.2, 0.25) is 11.8 Å². The van der Waals surface area contributed by atoms with Crippen LogP contribution in [0.1, 0.15) is 55.9 Å². The Morgan fingerprint density at radius 2 is 1.77 bits per heavy atom. The monoisotopic (exact) mass is 567 g/mol. The van der Waals surface area contributed by atoms with E-state index in [2.05, 4.69) is 20.5 Å². The van der Waals surface area contributed by atoms with Gasteiger partial charge in [-0.3, -0.25) is 14.7 Å². The molecule has 5 rings (SSSR count). The number of carbonyl (C=O) groups is 2. The van der Waals surface area contributed by atoms with Crippen LogP contribution in [-0.2, 0) is 4.74 Å². The quantitative estimate of drug-likeness (QED) is 0.301. The number of ether oxygens (including phenoxy) is 1. The van der Waals surface area contributed by atoms with Crippen molar-refractivity contribution in [3.8, 4) is 11.5 Å². The van der Waals surface area contributed by atoms with E-state index < -0.39 is 17.7 Å². The van der Waals surface area contributed by atoms with Crippen molar-refractivity contribution in [1.29, 1.82) is 0 Å². The molecule has 1 unspecified atom stereocenters. The van der Waals surface area contributed by atoms with Crippen LogP contribution in [0.15, 0.2) is 59.1 Å². The fraction of sp³-hybridized carbons (Fsp3) is 0.321. The van der Waals surface area contributed by atoms with E-state index in [1.165, 1.54) is 6.20 Å². The topological polar surface area (TPSA) is 110 Å². The number of likely N-dealkylation sites (tertiary alicyclic amines) is 1. The van der Waals surface area contributed by atoms with E-state index in [4.69, 9.17) is 32.4 Å². The van der Waals surface area contributed by atoms with Gasteiger partial charge in [0, 0.05) is 39.8 Å². The first-order valence-electron chi connectivity index (χ1n) is 12.5. The summed E-state index contributed by atoms with van der Waals surface area (Å²) in [4.78, 5) is 32.3. The summed E-state index contributed by atoms with van der Waals surface area (Å²) in [5, 5.41) is 13.4. The minimum Gasteiger partial charge on any atom is -0.444 e. The minimum absolute atomic E-state index is 0.209. The van der Waals surface area contributed by atoms with Crippen LogP contribution in [0.4, 0.5) is 4.79 Å². The summed E-state index contributed by atoms with van der Waals surface area (Å²) >= 11 is 12.0. The van der Waals surface area contributed by atoms with Gasteiger partial charge in [-0.15, -0.1) is 10.2 Å². The van der Waals surface area contributed by atoms with E-state index in [1.807, 2.05) is 6.07 Å². The second kappa shape index (κ2) is 10.8. The molecular formula is C28H27Cl2N5O4. The Bertz CT molecular complexity index is 1520. The molecule has 0 saturated carbocycles. The Balaban J connectivity index is 1.34. The number of rotatable bonds is 4. The van der Waals surface area contributed by atoms with Crippen molar-refractivity contribution in [2.24, 2.45) is 0 Å². The first-order chi connectivity index (χ1) is 18.6. The van der Waals surface area contributed by atoms with E-state index in [1.54, 1.807) is 68.1 Å². The lowest BCUT2D eigenvalue weighted by molar-refractivity contribution is 0.00191. The molecule has 1 aliphatic rings. The molecule has 11 heteroatoms. The van der Waals surface area contributed by atoms with Gasteiger partial charge in [-0.2, -0.15) is 0 Å². The van der Waals surface area contributed by atoms with Gasteiger partial charge in [0.05, 0.1) is 11.1 Å². The lowest BCUT2D eigenvalue weighted by Gasteiger charge is -2.38. The molecule has 39 heavy (non-hydrogen) atoms. The molecule has 1 saturated heterocycles. The van der Waals surface area contributed by atoms with E-state index in [0.29, 0.717) is 51.3 Å². The van der Waals surface area contributed by atoms with Gasteiger partial charge in [-0.25, -0.2) is 4.79 Å². The van der Waals surface area contributed by atoms with Crippen molar-refractivity contribution < 1.29 is 18.7 Å². The van der Waals surface area contributed by atoms with Crippen molar-refractivity contribution in [3.05, 3.63) is 76.2 Å². The fourth-order valence-electron chi connectivity index (χ4n) is 4.43. The van der Waals surface area contributed by atoms with Crippen LogP contribution in [-0.4, -0.2) is 50.3 Å². The highest BCUT2D eigenvalue weighted by molar-refractivity contribution is 6.31. The number of amides is 2. The molecular weight excluding hydrogens is 541 g/mol. The minimum atomic E-state index is -0.708. The number of aromatic nitrogens is 3. The van der Waals surface area contributed by atoms with Crippen molar-refractivity contribution in [3.63, 3.8) is 0 Å². The average molecular weight is 568 g/mol. The van der Waals surface area contributed by atoms with E-state index in [-0.39, 0.29) is 18.5 Å². The zero-order chi connectivity index (χ0) is 27.7. The molecule has 2 aromatic carbocycles. The third kappa shape index (κ3) is 6.32. The second-order valence-electron chi connectivity index (χ2n) is 10.4. The molecule has 1 fully saturated rings. The summed E-state index contributed by atoms with van der Waals surface area (Å²) in [6.07, 6.45) is 2.07. The van der Waals surface area contributed by atoms with Crippen LogP contribution in [0.3, 0.4) is 0 Å². The lowest BCUT2D eigenvalue weighted by Crippen LogP contribution is -2.52. The van der Waals surface area contributed by atoms with Crippen LogP contribution >= 0.6 is 23.2 Å². The molecule has 0 radical (unpaired) electrons. The van der Waals surface area contributed by atoms with Crippen molar-refractivity contribution in [1.82, 2.24) is 25.4 Å². The number of fused-ring (bicyclic) bond motifs is 1. The predicted molar refractivity (Wildman–Crippen MR) is 148 cm³/mol. The summed E-state index contributed by atoms with van der Waals surface area (Å²) in [5.41, 5.74) is 1.13. The van der Waals surface area contributed by atoms with Crippen LogP contribution in [0.2, 0.25) is 10.0 Å². The largest absolute Gasteiger partial charge is 0.444 e. The molecule has 1 N–H and O–H groups in total. The molecule has 1 aliphatic heterocycles. The number of piperidine rings is 1. The van der Waals surface area contributed by atoms with E-state index in [9.17, 15) is 9.59 Å². The van der Waals surface area contributed by atoms with Gasteiger partial charge < -0.3 is 14.5 Å². The summed E-state index contributed by atoms with van der Waals surface area (Å²) in [5.74, 6) is 0.342. The van der Waals surface area contributed by atoms with Crippen LogP contribution < -0.4 is 5.32 Å². The maximum absolute atomic E-state index is 13.3. The highest BCUT2D eigenvalue weighted by Crippen LogP contribution is 2.33. The van der Waals surface area contributed by atoms with Crippen molar-refractivity contribution >= 4 is 46.1 Å². The number of halogens is 2. The Hall–Kier alpha value is -3.69. The smallest absolute Gasteiger partial charge is 0.411 e. The zero-order valence-electron chi connectivity index (χ0n) is 21.6. The van der Waals surface area contributed by atoms with Gasteiger partial charge in [-0.1, -0.05) is 29.3 Å². The molecule has 2 atom stereocenters. The summed E-state index contributed by atoms with van der Waals surface area (Å²) in [7, 11) is 0. The first-order valence-corrected chi connectivity index (χ1v) is 13.3. The first kappa shape index (κ1) is 26.9. The number of pyridine rings is 1. The summed E-state index contributed by atoms with van der Waals surface area (Å²) < 4.78 is 11.7. The van der Waals surface area contributed by atoms with Crippen LogP contribution in [0.25, 0.3) is 22.4 Å². The molecule has 3 heterocycles. The highest BCUT2D eigenvalue weighted by atomic mass is 35.5. The van der Waals surface area contributed by atoms with Gasteiger partial charge >= 0.3 is 6.09 Å². The molecule has 9 nitrogen and oxygen atoms in total. The summed E-state index contributed by atoms with van der Waals surface area (Å²) in [6.45, 7) is 5.61. The molecule has 0 aliphatic carbocycles. The molecule has 2 aromatic heterocycles. The van der Waals surface area contributed by atoms with Gasteiger partial charge in [-0.05, 0) is 76.1 Å². The predicted octanol–water partition coefficient (Wildman–Crippen LogP) is 6.46. The average Bonchev–Trinajstić information content (AvgIpc) is 3.38. The number of hydrogen-bond acceptors (Lipinski definition) is 7. The summed E-state index contributed by atoms with van der Waals surface area (Å²) in [6, 6.07) is 13.3. The Kier molecular flexibility index (Phi) is 7.46. The maximum Gasteiger partial charge on any atom is 0.411 e. The van der Waals surface area contributed by atoms with Crippen molar-refractivity contribution in [2.45, 2.75) is 51.3 Å². The van der Waals surface area contributed by atoms with Crippen LogP contribution in [0.5, 0.6) is 0 Å². The number of hydrogen-bond donors (Lipinski definition) is 1. The lowest BCUT2D eigenvalue weighted by atomic mass is 9.98. The Morgan fingerprint density at radius 3 is 2.51 bits per heavy atom. The molecule has 202 valence electrons. The normalized spacial score (nSPS) is 17.7. The Morgan fingerprint density at radius 1 is 1.03 bits per heavy atom. The van der Waals surface area contributed by atoms with E-state index in [0.717, 1.165) is 5.39 Å². The number of carbonyl (C=O) groups excluding carboxylic acids is 2. The molecule has 0 spiro atoms. The third-order valence-electron chi connectivity index (χ3n) is 6.27. The van der Waals surface area contributed by atoms with Gasteiger partial charge in [0.1, 0.15) is 11.6 Å². The standard InChI is InChI=1S/C28H27Cl2N5O4/c1-28(2,3)39-27(37)35-15-21(32-24(36)18-12-17-6-9-20(30)13-22(17)31-14-18)10-11-23(35)26-34-33-25(38-26)16-4-7-19(29)8-5-16/h4-9,12-14,21,23H,10-11,15H2,1-3H3,(H,32,36)/t21?,23-/m0/s1. The molecule has 4 aromatic rings. The van der Waals surface area contributed by atoms with Crippen LogP contribution in [0, 0.1) is 0 Å². The van der Waals surface area contributed by atoms with Gasteiger partial charge in [0.25, 0.3) is 5.91 Å². The van der Waals surface area contributed by atoms with E-state index >= 15 is 0 Å². The number of nitrogens with one attached hydrogen (secondary N) is 1.